The first kappa shape index (κ1) is 16.5. The van der Waals surface area contributed by atoms with Crippen LogP contribution >= 0.6 is 0 Å². The van der Waals surface area contributed by atoms with E-state index in [2.05, 4.69) is 31.0 Å². The van der Waals surface area contributed by atoms with Gasteiger partial charge in [0.1, 0.15) is 0 Å². The average molecular weight is 268 g/mol. The van der Waals surface area contributed by atoms with E-state index in [1.807, 2.05) is 0 Å². The van der Waals surface area contributed by atoms with Gasteiger partial charge in [-0.2, -0.15) is 0 Å². The normalized spacial score (nSPS) is 22.7. The Bertz CT molecular complexity index is 251. The highest BCUT2D eigenvalue weighted by Gasteiger charge is 2.42. The molecule has 112 valence electrons. The second kappa shape index (κ2) is 8.57. The minimum absolute atomic E-state index is 0.240. The maximum Gasteiger partial charge on any atom is 0.242 e. The van der Waals surface area contributed by atoms with E-state index < -0.39 is 0 Å². The van der Waals surface area contributed by atoms with Crippen LogP contribution in [0.1, 0.15) is 72.1 Å². The SMILES string of the molecule is CCCCN(CCCC)C(=O)C1(CCC)CCCN1. The van der Waals surface area contributed by atoms with Crippen molar-refractivity contribution in [3.8, 4) is 0 Å². The molecule has 0 aliphatic carbocycles. The van der Waals surface area contributed by atoms with Gasteiger partial charge in [0, 0.05) is 13.1 Å². The molecule has 0 saturated carbocycles. The average Bonchev–Trinajstić information content (AvgIpc) is 2.88. The molecule has 0 aromatic carbocycles. The van der Waals surface area contributed by atoms with E-state index in [0.717, 1.165) is 71.0 Å². The lowest BCUT2D eigenvalue weighted by molar-refractivity contribution is -0.138. The molecule has 1 N–H and O–H groups in total. The Balaban J connectivity index is 2.70. The fraction of sp³-hybridized carbons (Fsp3) is 0.938. The van der Waals surface area contributed by atoms with Gasteiger partial charge in [0.2, 0.25) is 5.91 Å². The highest BCUT2D eigenvalue weighted by molar-refractivity contribution is 5.86. The van der Waals surface area contributed by atoms with Crippen LogP contribution in [-0.4, -0.2) is 36.0 Å². The zero-order valence-electron chi connectivity index (χ0n) is 13.1. The van der Waals surface area contributed by atoms with E-state index in [4.69, 9.17) is 0 Å². The number of nitrogens with one attached hydrogen (secondary N) is 1. The molecule has 1 aliphatic rings. The molecule has 1 rings (SSSR count). The van der Waals surface area contributed by atoms with Gasteiger partial charge >= 0.3 is 0 Å². The van der Waals surface area contributed by atoms with Crippen molar-refractivity contribution in [1.82, 2.24) is 10.2 Å². The zero-order valence-corrected chi connectivity index (χ0v) is 13.1. The Labute approximate surface area is 119 Å². The Hall–Kier alpha value is -0.570. The number of rotatable bonds is 9. The van der Waals surface area contributed by atoms with Crippen LogP contribution in [-0.2, 0) is 4.79 Å². The Morgan fingerprint density at radius 1 is 1.11 bits per heavy atom. The summed E-state index contributed by atoms with van der Waals surface area (Å²) >= 11 is 0. The predicted molar refractivity (Wildman–Crippen MR) is 81.3 cm³/mol. The number of unbranched alkanes of at least 4 members (excludes halogenated alkanes) is 2. The second-order valence-corrected chi connectivity index (χ2v) is 5.86. The summed E-state index contributed by atoms with van der Waals surface area (Å²) in [4.78, 5) is 15.1. The molecule has 19 heavy (non-hydrogen) atoms. The van der Waals surface area contributed by atoms with Crippen LogP contribution in [0, 0.1) is 0 Å². The molecule has 1 fully saturated rings. The van der Waals surface area contributed by atoms with E-state index in [-0.39, 0.29) is 5.54 Å². The Morgan fingerprint density at radius 2 is 1.74 bits per heavy atom. The van der Waals surface area contributed by atoms with Crippen LogP contribution < -0.4 is 5.32 Å². The molecular weight excluding hydrogens is 236 g/mol. The van der Waals surface area contributed by atoms with E-state index in [0.29, 0.717) is 5.91 Å². The summed E-state index contributed by atoms with van der Waals surface area (Å²) in [6.45, 7) is 9.43. The van der Waals surface area contributed by atoms with Gasteiger partial charge in [0.25, 0.3) is 0 Å². The first-order valence-electron chi connectivity index (χ1n) is 8.24. The molecule has 0 aromatic heterocycles. The van der Waals surface area contributed by atoms with Crippen molar-refractivity contribution in [3.05, 3.63) is 0 Å². The summed E-state index contributed by atoms with van der Waals surface area (Å²) in [6.07, 6.45) is 8.79. The Morgan fingerprint density at radius 3 is 2.16 bits per heavy atom. The van der Waals surface area contributed by atoms with Crippen LogP contribution in [0.3, 0.4) is 0 Å². The summed E-state index contributed by atoms with van der Waals surface area (Å²) in [5.74, 6) is 0.369. The molecule has 1 amide bonds. The molecule has 1 unspecified atom stereocenters. The predicted octanol–water partition coefficient (Wildman–Crippen LogP) is 3.34. The largest absolute Gasteiger partial charge is 0.341 e. The van der Waals surface area contributed by atoms with Gasteiger partial charge < -0.3 is 10.2 Å². The van der Waals surface area contributed by atoms with Gasteiger partial charge in [0.15, 0.2) is 0 Å². The van der Waals surface area contributed by atoms with E-state index in [9.17, 15) is 4.79 Å². The minimum Gasteiger partial charge on any atom is -0.341 e. The topological polar surface area (TPSA) is 32.3 Å². The molecular formula is C16H32N2O. The smallest absolute Gasteiger partial charge is 0.242 e. The zero-order chi connectivity index (χ0) is 14.1. The number of nitrogens with zero attached hydrogens (tertiary/aromatic N) is 1. The number of hydrogen-bond acceptors (Lipinski definition) is 2. The summed E-state index contributed by atoms with van der Waals surface area (Å²) in [5.41, 5.74) is -0.240. The molecule has 0 aromatic rings. The molecule has 0 spiro atoms. The van der Waals surface area contributed by atoms with E-state index in [1.165, 1.54) is 0 Å². The molecule has 0 bridgehead atoms. The van der Waals surface area contributed by atoms with Gasteiger partial charge in [0.05, 0.1) is 5.54 Å². The minimum atomic E-state index is -0.240. The van der Waals surface area contributed by atoms with E-state index >= 15 is 0 Å². The summed E-state index contributed by atoms with van der Waals surface area (Å²) < 4.78 is 0. The van der Waals surface area contributed by atoms with Crippen molar-refractivity contribution in [3.63, 3.8) is 0 Å². The summed E-state index contributed by atoms with van der Waals surface area (Å²) in [6, 6.07) is 0. The standard InChI is InChI=1S/C16H32N2O/c1-4-7-13-18(14-8-5-2)15(19)16(10-6-3)11-9-12-17-16/h17H,4-14H2,1-3H3. The van der Waals surface area contributed by atoms with Crippen molar-refractivity contribution in [1.29, 1.82) is 0 Å². The van der Waals surface area contributed by atoms with Crippen LogP contribution in [0.25, 0.3) is 0 Å². The first-order chi connectivity index (χ1) is 9.20. The van der Waals surface area contributed by atoms with Crippen molar-refractivity contribution in [2.24, 2.45) is 0 Å². The van der Waals surface area contributed by atoms with Crippen LogP contribution in [0.5, 0.6) is 0 Å². The van der Waals surface area contributed by atoms with Gasteiger partial charge in [-0.15, -0.1) is 0 Å². The van der Waals surface area contributed by atoms with Crippen molar-refractivity contribution in [2.45, 2.75) is 77.7 Å². The van der Waals surface area contributed by atoms with Crippen LogP contribution in [0.2, 0.25) is 0 Å². The lowest BCUT2D eigenvalue weighted by Gasteiger charge is -2.34. The fourth-order valence-electron chi connectivity index (χ4n) is 3.05. The number of carbonyl (C=O) groups excluding carboxylic acids is 1. The molecule has 1 atom stereocenters. The lowest BCUT2D eigenvalue weighted by Crippen LogP contribution is -2.55. The maximum absolute atomic E-state index is 12.9. The quantitative estimate of drug-likeness (QED) is 0.695. The summed E-state index contributed by atoms with van der Waals surface area (Å²) in [5, 5.41) is 3.51. The highest BCUT2D eigenvalue weighted by atomic mass is 16.2. The van der Waals surface area contributed by atoms with Gasteiger partial charge in [-0.05, 0) is 38.6 Å². The number of hydrogen-bond donors (Lipinski definition) is 1. The van der Waals surface area contributed by atoms with Crippen LogP contribution in [0.4, 0.5) is 0 Å². The second-order valence-electron chi connectivity index (χ2n) is 5.86. The molecule has 3 nitrogen and oxygen atoms in total. The molecule has 1 heterocycles. The fourth-order valence-corrected chi connectivity index (χ4v) is 3.05. The Kier molecular flexibility index (Phi) is 7.44. The molecule has 0 radical (unpaired) electrons. The lowest BCUT2D eigenvalue weighted by atomic mass is 9.90. The highest BCUT2D eigenvalue weighted by Crippen LogP contribution is 2.27. The molecule has 3 heteroatoms. The van der Waals surface area contributed by atoms with Crippen LogP contribution in [0.15, 0.2) is 0 Å². The third-order valence-corrected chi connectivity index (χ3v) is 4.18. The van der Waals surface area contributed by atoms with Crippen molar-refractivity contribution in [2.75, 3.05) is 19.6 Å². The van der Waals surface area contributed by atoms with Crippen molar-refractivity contribution < 1.29 is 4.79 Å². The molecule has 1 aliphatic heterocycles. The third kappa shape index (κ3) is 4.48. The van der Waals surface area contributed by atoms with Gasteiger partial charge in [-0.1, -0.05) is 40.0 Å². The summed E-state index contributed by atoms with van der Waals surface area (Å²) in [7, 11) is 0. The monoisotopic (exact) mass is 268 g/mol. The van der Waals surface area contributed by atoms with Gasteiger partial charge in [-0.25, -0.2) is 0 Å². The maximum atomic E-state index is 12.9. The first-order valence-corrected chi connectivity index (χ1v) is 8.24. The molecule has 1 saturated heterocycles. The number of carbonyl (C=O) groups is 1. The third-order valence-electron chi connectivity index (χ3n) is 4.18. The van der Waals surface area contributed by atoms with E-state index in [1.54, 1.807) is 0 Å². The van der Waals surface area contributed by atoms with Crippen molar-refractivity contribution >= 4 is 5.91 Å². The number of amides is 1. The van der Waals surface area contributed by atoms with Gasteiger partial charge in [-0.3, -0.25) is 4.79 Å².